The second kappa shape index (κ2) is 10.9. The van der Waals surface area contributed by atoms with Crippen LogP contribution in [0, 0.1) is 11.3 Å². The van der Waals surface area contributed by atoms with Crippen molar-refractivity contribution < 1.29 is 38.4 Å². The number of Topliss-reactive ketones (excluding diaryl/α,β-unsaturated/α-hetero) is 1. The third-order valence-electron chi connectivity index (χ3n) is 5.41. The molecule has 2 atom stereocenters. The molecule has 0 aromatic carbocycles. The fraction of sp³-hybridized carbons (Fsp3) is 0.850. The molecular weight excluding hydrogens is 382 g/mol. The standard InChI is InChI=1S/C20H33NO8/c1-13(2)17(28-14(3)16(24)18-26-9-10-27-18)29-19(25)21-12-20(11-15(22)23)7-5-4-6-8-20/h13-14,17-18H,4-12H2,1-3H3,(H,21,25)(H,22,23). The minimum atomic E-state index is -0.950. The fourth-order valence-corrected chi connectivity index (χ4v) is 3.75. The SMILES string of the molecule is CC(OC(OC(=O)NCC1(CC(=O)O)CCCCC1)C(C)C)C(=O)C1OCCO1. The van der Waals surface area contributed by atoms with Crippen molar-refractivity contribution in [3.63, 3.8) is 0 Å². The Balaban J connectivity index is 1.87. The minimum Gasteiger partial charge on any atom is -0.481 e. The minimum absolute atomic E-state index is 0.0182. The first kappa shape index (κ1) is 23.6. The predicted octanol–water partition coefficient (Wildman–Crippen LogP) is 2.47. The van der Waals surface area contributed by atoms with Crippen molar-refractivity contribution in [2.75, 3.05) is 19.8 Å². The van der Waals surface area contributed by atoms with Crippen LogP contribution in [0.15, 0.2) is 0 Å². The van der Waals surface area contributed by atoms with Crippen LogP contribution in [0.3, 0.4) is 0 Å². The van der Waals surface area contributed by atoms with Crippen molar-refractivity contribution in [2.45, 2.75) is 78.0 Å². The molecule has 2 rings (SSSR count). The van der Waals surface area contributed by atoms with Gasteiger partial charge in [0.25, 0.3) is 0 Å². The van der Waals surface area contributed by atoms with Gasteiger partial charge in [0, 0.05) is 12.5 Å². The first-order chi connectivity index (χ1) is 13.7. The molecule has 0 aromatic rings. The topological polar surface area (TPSA) is 120 Å². The molecule has 2 unspecified atom stereocenters. The van der Waals surface area contributed by atoms with Gasteiger partial charge in [-0.3, -0.25) is 9.59 Å². The maximum absolute atomic E-state index is 12.3. The predicted molar refractivity (Wildman–Crippen MR) is 102 cm³/mol. The van der Waals surface area contributed by atoms with Crippen LogP contribution in [0.5, 0.6) is 0 Å². The van der Waals surface area contributed by atoms with Crippen LogP contribution in [0.4, 0.5) is 4.79 Å². The van der Waals surface area contributed by atoms with E-state index in [0.717, 1.165) is 32.1 Å². The lowest BCUT2D eigenvalue weighted by Crippen LogP contribution is -2.43. The molecule has 1 aliphatic heterocycles. The highest BCUT2D eigenvalue weighted by molar-refractivity contribution is 5.86. The van der Waals surface area contributed by atoms with Gasteiger partial charge in [-0.1, -0.05) is 33.1 Å². The van der Waals surface area contributed by atoms with Crippen molar-refractivity contribution in [2.24, 2.45) is 11.3 Å². The molecule has 0 radical (unpaired) electrons. The summed E-state index contributed by atoms with van der Waals surface area (Å²) in [7, 11) is 0. The van der Waals surface area contributed by atoms with Crippen LogP contribution in [-0.2, 0) is 28.5 Å². The monoisotopic (exact) mass is 415 g/mol. The first-order valence-electron chi connectivity index (χ1n) is 10.3. The summed E-state index contributed by atoms with van der Waals surface area (Å²) in [5.41, 5.74) is -0.447. The second-order valence-electron chi connectivity index (χ2n) is 8.26. The number of hydrogen-bond acceptors (Lipinski definition) is 7. The summed E-state index contributed by atoms with van der Waals surface area (Å²) in [5, 5.41) is 11.9. The van der Waals surface area contributed by atoms with Gasteiger partial charge in [-0.2, -0.15) is 0 Å². The van der Waals surface area contributed by atoms with Gasteiger partial charge in [0.05, 0.1) is 19.6 Å². The van der Waals surface area contributed by atoms with Crippen LogP contribution < -0.4 is 5.32 Å². The number of aliphatic carboxylic acids is 1. The molecule has 9 heteroatoms. The number of carbonyl (C=O) groups excluding carboxylic acids is 2. The highest BCUT2D eigenvalue weighted by atomic mass is 16.7. The van der Waals surface area contributed by atoms with E-state index in [-0.39, 0.29) is 24.7 Å². The highest BCUT2D eigenvalue weighted by Gasteiger charge is 2.36. The Morgan fingerprint density at radius 2 is 1.72 bits per heavy atom. The number of carboxylic acid groups (broad SMARTS) is 1. The Hall–Kier alpha value is -1.71. The molecule has 0 aromatic heterocycles. The van der Waals surface area contributed by atoms with E-state index in [1.165, 1.54) is 0 Å². The number of amides is 1. The summed E-state index contributed by atoms with van der Waals surface area (Å²) in [6.07, 6.45) is 1.08. The molecule has 0 spiro atoms. The summed E-state index contributed by atoms with van der Waals surface area (Å²) in [6.45, 7) is 6.13. The average molecular weight is 415 g/mol. The van der Waals surface area contributed by atoms with Gasteiger partial charge in [-0.15, -0.1) is 0 Å². The molecule has 2 N–H and O–H groups in total. The van der Waals surface area contributed by atoms with Crippen LogP contribution in [0.2, 0.25) is 0 Å². The molecule has 2 aliphatic rings. The Bertz CT molecular complexity index is 567. The number of hydrogen-bond donors (Lipinski definition) is 2. The maximum Gasteiger partial charge on any atom is 0.409 e. The molecule has 1 saturated carbocycles. The average Bonchev–Trinajstić information content (AvgIpc) is 3.20. The van der Waals surface area contributed by atoms with Crippen LogP contribution in [-0.4, -0.2) is 61.4 Å². The number of rotatable bonds is 10. The zero-order valence-electron chi connectivity index (χ0n) is 17.5. The molecule has 166 valence electrons. The van der Waals surface area contributed by atoms with Crippen molar-refractivity contribution in [3.05, 3.63) is 0 Å². The lowest BCUT2D eigenvalue weighted by molar-refractivity contribution is -0.183. The number of ketones is 1. The normalized spacial score (nSPS) is 21.5. The smallest absolute Gasteiger partial charge is 0.409 e. The molecule has 1 heterocycles. The first-order valence-corrected chi connectivity index (χ1v) is 10.3. The fourth-order valence-electron chi connectivity index (χ4n) is 3.75. The summed E-state index contributed by atoms with van der Waals surface area (Å²) in [6, 6.07) is 0. The molecule has 9 nitrogen and oxygen atoms in total. The van der Waals surface area contributed by atoms with E-state index in [1.807, 2.05) is 13.8 Å². The largest absolute Gasteiger partial charge is 0.481 e. The summed E-state index contributed by atoms with van der Waals surface area (Å²) in [5.74, 6) is -1.42. The van der Waals surface area contributed by atoms with E-state index in [9.17, 15) is 19.5 Å². The Labute approximate surface area is 171 Å². The van der Waals surface area contributed by atoms with Gasteiger partial charge in [-0.05, 0) is 25.2 Å². The zero-order chi connectivity index (χ0) is 21.4. The quantitative estimate of drug-likeness (QED) is 0.522. The van der Waals surface area contributed by atoms with Crippen molar-refractivity contribution >= 4 is 17.8 Å². The number of carbonyl (C=O) groups is 3. The van der Waals surface area contributed by atoms with E-state index >= 15 is 0 Å². The van der Waals surface area contributed by atoms with E-state index < -0.39 is 36.2 Å². The molecule has 29 heavy (non-hydrogen) atoms. The third kappa shape index (κ3) is 7.24. The van der Waals surface area contributed by atoms with Crippen LogP contribution in [0.1, 0.15) is 59.3 Å². The Morgan fingerprint density at radius 1 is 1.10 bits per heavy atom. The second-order valence-corrected chi connectivity index (χ2v) is 8.26. The number of nitrogens with one attached hydrogen (secondary N) is 1. The van der Waals surface area contributed by atoms with E-state index in [1.54, 1.807) is 6.92 Å². The Kier molecular flexibility index (Phi) is 8.85. The van der Waals surface area contributed by atoms with Gasteiger partial charge in [0.1, 0.15) is 6.10 Å². The molecule has 2 fully saturated rings. The van der Waals surface area contributed by atoms with E-state index in [0.29, 0.717) is 13.2 Å². The highest BCUT2D eigenvalue weighted by Crippen LogP contribution is 2.38. The zero-order valence-corrected chi connectivity index (χ0v) is 17.5. The number of carboxylic acids is 1. The molecule has 1 amide bonds. The lowest BCUT2D eigenvalue weighted by Gasteiger charge is -2.36. The van der Waals surface area contributed by atoms with Gasteiger partial charge < -0.3 is 29.4 Å². The summed E-state index contributed by atoms with van der Waals surface area (Å²) < 4.78 is 21.4. The lowest BCUT2D eigenvalue weighted by atomic mass is 9.72. The van der Waals surface area contributed by atoms with Gasteiger partial charge >= 0.3 is 12.1 Å². The summed E-state index contributed by atoms with van der Waals surface area (Å²) in [4.78, 5) is 35.9. The maximum atomic E-state index is 12.3. The van der Waals surface area contributed by atoms with Gasteiger partial charge in [-0.25, -0.2) is 4.79 Å². The van der Waals surface area contributed by atoms with E-state index in [4.69, 9.17) is 18.9 Å². The number of ether oxygens (including phenoxy) is 4. The third-order valence-corrected chi connectivity index (χ3v) is 5.41. The molecule has 1 saturated heterocycles. The summed E-state index contributed by atoms with van der Waals surface area (Å²) >= 11 is 0. The van der Waals surface area contributed by atoms with Crippen LogP contribution >= 0.6 is 0 Å². The Morgan fingerprint density at radius 3 is 2.28 bits per heavy atom. The number of alkyl carbamates (subject to hydrolysis) is 1. The molecular formula is C20H33NO8. The van der Waals surface area contributed by atoms with Gasteiger partial charge in [0.15, 0.2) is 0 Å². The van der Waals surface area contributed by atoms with Crippen molar-refractivity contribution in [1.29, 1.82) is 0 Å². The van der Waals surface area contributed by atoms with Crippen molar-refractivity contribution in [3.8, 4) is 0 Å². The van der Waals surface area contributed by atoms with E-state index in [2.05, 4.69) is 5.32 Å². The molecule has 1 aliphatic carbocycles. The van der Waals surface area contributed by atoms with Gasteiger partial charge in [0.2, 0.25) is 18.4 Å². The van der Waals surface area contributed by atoms with Crippen molar-refractivity contribution in [1.82, 2.24) is 5.32 Å². The van der Waals surface area contributed by atoms with Crippen LogP contribution in [0.25, 0.3) is 0 Å². The molecule has 0 bridgehead atoms.